The van der Waals surface area contributed by atoms with Gasteiger partial charge in [-0.3, -0.25) is 0 Å². The fourth-order valence-electron chi connectivity index (χ4n) is 7.15. The molecule has 0 bridgehead atoms. The molecule has 0 spiro atoms. The fraction of sp³-hybridized carbons (Fsp3) is 0.976. The van der Waals surface area contributed by atoms with E-state index in [1.54, 1.807) is 0 Å². The average molecular weight is 605 g/mol. The van der Waals surface area contributed by atoms with Crippen LogP contribution in [0, 0.1) is 5.41 Å². The van der Waals surface area contributed by atoms with Crippen LogP contribution in [0.25, 0.3) is 0 Å². The van der Waals surface area contributed by atoms with E-state index < -0.39 is 0 Å². The van der Waals surface area contributed by atoms with Crippen LogP contribution in [-0.2, 0) is 4.79 Å². The molecule has 0 aliphatic rings. The third-order valence-electron chi connectivity index (χ3n) is 10.3. The Bertz CT molecular complexity index is 483. The van der Waals surface area contributed by atoms with Gasteiger partial charge in [-0.25, -0.2) is 0 Å². The normalized spacial score (nSPS) is 11.9. The molecule has 0 aromatic carbocycles. The second-order valence-corrected chi connectivity index (χ2v) is 14.7. The summed E-state index contributed by atoms with van der Waals surface area (Å²) in [4.78, 5) is 12.6. The number of unbranched alkanes of at least 4 members (excludes halogenated alkanes) is 31. The summed E-state index contributed by atoms with van der Waals surface area (Å²) in [5, 5.41) is 0. The van der Waals surface area contributed by atoms with E-state index in [-0.39, 0.29) is 5.41 Å². The Hall–Kier alpha value is -0.330. The smallest absolute Gasteiger partial charge is 0.126 e. The van der Waals surface area contributed by atoms with Gasteiger partial charge in [0, 0.05) is 5.41 Å². The van der Waals surface area contributed by atoms with Crippen molar-refractivity contribution in [3.8, 4) is 0 Å². The van der Waals surface area contributed by atoms with Crippen molar-refractivity contribution < 1.29 is 4.79 Å². The van der Waals surface area contributed by atoms with E-state index in [4.69, 9.17) is 0 Å². The molecular formula is C42H84O. The van der Waals surface area contributed by atoms with Crippen LogP contribution in [0.1, 0.15) is 258 Å². The lowest BCUT2D eigenvalue weighted by atomic mass is 9.75. The van der Waals surface area contributed by atoms with Gasteiger partial charge in [-0.1, -0.05) is 239 Å². The zero-order valence-electron chi connectivity index (χ0n) is 30.6. The lowest BCUT2D eigenvalue weighted by molar-refractivity contribution is -0.117. The molecule has 0 amide bonds. The number of rotatable bonds is 38. The van der Waals surface area contributed by atoms with Crippen LogP contribution in [0.4, 0.5) is 0 Å². The van der Waals surface area contributed by atoms with E-state index in [2.05, 4.69) is 20.8 Å². The van der Waals surface area contributed by atoms with Gasteiger partial charge in [0.1, 0.15) is 6.29 Å². The minimum absolute atomic E-state index is 0.0167. The van der Waals surface area contributed by atoms with Crippen LogP contribution in [-0.4, -0.2) is 6.29 Å². The van der Waals surface area contributed by atoms with Crippen molar-refractivity contribution >= 4 is 6.29 Å². The maximum Gasteiger partial charge on any atom is 0.126 e. The molecule has 0 saturated heterocycles. The van der Waals surface area contributed by atoms with Gasteiger partial charge >= 0.3 is 0 Å². The minimum Gasteiger partial charge on any atom is -0.303 e. The first-order valence-corrected chi connectivity index (χ1v) is 20.7. The summed E-state index contributed by atoms with van der Waals surface area (Å²) < 4.78 is 0. The number of hydrogen-bond acceptors (Lipinski definition) is 1. The predicted octanol–water partition coefficient (Wildman–Crippen LogP) is 15.7. The number of aldehydes is 1. The Balaban J connectivity index is 4.21. The van der Waals surface area contributed by atoms with Gasteiger partial charge in [0.25, 0.3) is 0 Å². The largest absolute Gasteiger partial charge is 0.303 e. The Morgan fingerprint density at radius 1 is 0.279 bits per heavy atom. The summed E-state index contributed by atoms with van der Waals surface area (Å²) in [5.74, 6) is 0. The van der Waals surface area contributed by atoms with E-state index in [9.17, 15) is 4.79 Å². The van der Waals surface area contributed by atoms with E-state index in [1.807, 2.05) is 0 Å². The Labute approximate surface area is 274 Å². The highest BCUT2D eigenvalue weighted by atomic mass is 16.1. The SMILES string of the molecule is CCCCCCCCCCCCCCC(C=O)(CCCCCCCCCCCC)CCCCCCCCCCCCCC. The third-order valence-corrected chi connectivity index (χ3v) is 10.3. The van der Waals surface area contributed by atoms with Gasteiger partial charge in [0.15, 0.2) is 0 Å². The van der Waals surface area contributed by atoms with Gasteiger partial charge < -0.3 is 4.79 Å². The quantitative estimate of drug-likeness (QED) is 0.0506. The molecule has 0 aromatic rings. The Kier molecular flexibility index (Phi) is 35.9. The summed E-state index contributed by atoms with van der Waals surface area (Å²) in [5.41, 5.74) is -0.0167. The molecule has 43 heavy (non-hydrogen) atoms. The summed E-state index contributed by atoms with van der Waals surface area (Å²) in [6.07, 6.45) is 52.3. The lowest BCUT2D eigenvalue weighted by Gasteiger charge is -2.28. The topological polar surface area (TPSA) is 17.1 Å². The predicted molar refractivity (Wildman–Crippen MR) is 196 cm³/mol. The third kappa shape index (κ3) is 31.4. The molecule has 0 N–H and O–H groups in total. The highest BCUT2D eigenvalue weighted by molar-refractivity contribution is 5.59. The van der Waals surface area contributed by atoms with Crippen LogP contribution in [0.2, 0.25) is 0 Å². The van der Waals surface area contributed by atoms with E-state index in [0.29, 0.717) is 0 Å². The average Bonchev–Trinajstić information content (AvgIpc) is 3.02. The standard InChI is InChI=1S/C42H84O/c1-4-7-10-13-16-19-22-24-27-30-33-36-39-42(41-43,38-35-32-29-26-21-18-15-12-9-6-3)40-37-34-31-28-25-23-20-17-14-11-8-5-2/h41H,4-40H2,1-3H3. The Morgan fingerprint density at radius 2 is 0.442 bits per heavy atom. The van der Waals surface area contributed by atoms with Crippen molar-refractivity contribution in [2.45, 2.75) is 258 Å². The summed E-state index contributed by atoms with van der Waals surface area (Å²) in [6, 6.07) is 0. The molecule has 258 valence electrons. The van der Waals surface area contributed by atoms with Crippen molar-refractivity contribution in [3.05, 3.63) is 0 Å². The molecule has 0 atom stereocenters. The molecule has 0 heterocycles. The lowest BCUT2D eigenvalue weighted by Crippen LogP contribution is -2.23. The van der Waals surface area contributed by atoms with Crippen molar-refractivity contribution in [1.29, 1.82) is 0 Å². The fourth-order valence-corrected chi connectivity index (χ4v) is 7.15. The molecule has 0 aliphatic heterocycles. The molecule has 0 unspecified atom stereocenters. The van der Waals surface area contributed by atoms with Crippen LogP contribution >= 0.6 is 0 Å². The highest BCUT2D eigenvalue weighted by Crippen LogP contribution is 2.35. The first-order chi connectivity index (χ1) is 21.2. The van der Waals surface area contributed by atoms with Crippen LogP contribution in [0.5, 0.6) is 0 Å². The zero-order valence-corrected chi connectivity index (χ0v) is 30.6. The first-order valence-electron chi connectivity index (χ1n) is 20.7. The minimum atomic E-state index is -0.0167. The van der Waals surface area contributed by atoms with Gasteiger partial charge in [-0.2, -0.15) is 0 Å². The molecule has 0 aliphatic carbocycles. The molecule has 1 heteroatoms. The molecular weight excluding hydrogens is 520 g/mol. The van der Waals surface area contributed by atoms with Crippen LogP contribution < -0.4 is 0 Å². The molecule has 0 fully saturated rings. The second-order valence-electron chi connectivity index (χ2n) is 14.7. The highest BCUT2D eigenvalue weighted by Gasteiger charge is 2.28. The number of carbonyl (C=O) groups excluding carboxylic acids is 1. The van der Waals surface area contributed by atoms with Crippen molar-refractivity contribution in [3.63, 3.8) is 0 Å². The maximum absolute atomic E-state index is 12.6. The van der Waals surface area contributed by atoms with E-state index >= 15 is 0 Å². The van der Waals surface area contributed by atoms with Crippen molar-refractivity contribution in [1.82, 2.24) is 0 Å². The molecule has 0 saturated carbocycles. The van der Waals surface area contributed by atoms with Gasteiger partial charge in [-0.05, 0) is 19.3 Å². The van der Waals surface area contributed by atoms with E-state index in [0.717, 1.165) is 19.3 Å². The molecule has 1 nitrogen and oxygen atoms in total. The van der Waals surface area contributed by atoms with Gasteiger partial charge in [0.05, 0.1) is 0 Å². The molecule has 0 aromatic heterocycles. The van der Waals surface area contributed by atoms with Crippen LogP contribution in [0.3, 0.4) is 0 Å². The first kappa shape index (κ1) is 42.7. The molecule has 0 rings (SSSR count). The monoisotopic (exact) mass is 605 g/mol. The Morgan fingerprint density at radius 3 is 0.605 bits per heavy atom. The summed E-state index contributed by atoms with van der Waals surface area (Å²) in [6.45, 7) is 6.91. The number of hydrogen-bond donors (Lipinski definition) is 0. The van der Waals surface area contributed by atoms with Crippen molar-refractivity contribution in [2.75, 3.05) is 0 Å². The van der Waals surface area contributed by atoms with Gasteiger partial charge in [0.2, 0.25) is 0 Å². The van der Waals surface area contributed by atoms with Crippen molar-refractivity contribution in [2.24, 2.45) is 5.41 Å². The summed E-state index contributed by atoms with van der Waals surface area (Å²) >= 11 is 0. The van der Waals surface area contributed by atoms with Crippen LogP contribution in [0.15, 0.2) is 0 Å². The van der Waals surface area contributed by atoms with Gasteiger partial charge in [-0.15, -0.1) is 0 Å². The van der Waals surface area contributed by atoms with E-state index in [1.165, 1.54) is 225 Å². The second kappa shape index (κ2) is 36.1. The molecule has 0 radical (unpaired) electrons. The maximum atomic E-state index is 12.6. The summed E-state index contributed by atoms with van der Waals surface area (Å²) in [7, 11) is 0. The zero-order chi connectivity index (χ0) is 31.4. The number of carbonyl (C=O) groups is 1.